The van der Waals surface area contributed by atoms with Crippen molar-refractivity contribution in [1.82, 2.24) is 4.98 Å². The third-order valence-corrected chi connectivity index (χ3v) is 4.93. The summed E-state index contributed by atoms with van der Waals surface area (Å²) in [6, 6.07) is 16.3. The number of benzene rings is 2. The Labute approximate surface area is 208 Å². The molecule has 3 rings (SSSR count). The average Bonchev–Trinajstić information content (AvgIpc) is 2.67. The van der Waals surface area contributed by atoms with Crippen LogP contribution in [0.15, 0.2) is 58.5 Å². The Kier molecular flexibility index (Phi) is 12.0. The number of hydrogen-bond acceptors (Lipinski definition) is 3. The summed E-state index contributed by atoms with van der Waals surface area (Å²) in [5.41, 5.74) is 10.2. The van der Waals surface area contributed by atoms with Crippen LogP contribution >= 0.6 is 24.8 Å². The van der Waals surface area contributed by atoms with Crippen LogP contribution in [0.25, 0.3) is 0 Å². The summed E-state index contributed by atoms with van der Waals surface area (Å²) >= 11 is 0. The molecule has 0 amide bonds. The Morgan fingerprint density at radius 1 is 0.710 bits per heavy atom. The van der Waals surface area contributed by atoms with Crippen LogP contribution in [0.4, 0.5) is 11.4 Å². The third kappa shape index (κ3) is 6.75. The zero-order valence-electron chi connectivity index (χ0n) is 18.6. The van der Waals surface area contributed by atoms with Gasteiger partial charge in [0.05, 0.1) is 11.4 Å². The quantitative estimate of drug-likeness (QED) is 0.213. The Morgan fingerprint density at radius 3 is 1.58 bits per heavy atom. The maximum Gasteiger partial charge on any atom is 0.0690 e. The van der Waals surface area contributed by atoms with E-state index < -0.39 is 0 Å². The monoisotopic (exact) mass is 496 g/mol. The summed E-state index contributed by atoms with van der Waals surface area (Å²) in [4.78, 5) is 14.3. The third-order valence-electron chi connectivity index (χ3n) is 4.93. The van der Waals surface area contributed by atoms with Crippen LogP contribution in [0, 0.1) is 33.9 Å². The van der Waals surface area contributed by atoms with Crippen LogP contribution in [-0.4, -0.2) is 16.4 Å². The van der Waals surface area contributed by atoms with Crippen molar-refractivity contribution in [3.05, 3.63) is 88.2 Å². The molecule has 0 saturated heterocycles. The molecular weight excluding hydrogens is 469 g/mol. The van der Waals surface area contributed by atoms with Gasteiger partial charge in [0.15, 0.2) is 0 Å². The molecule has 0 aliphatic carbocycles. The van der Waals surface area contributed by atoms with Crippen molar-refractivity contribution < 1.29 is 17.1 Å². The molecule has 0 spiro atoms. The van der Waals surface area contributed by atoms with E-state index in [9.17, 15) is 0 Å². The maximum atomic E-state index is 4.92. The fourth-order valence-corrected chi connectivity index (χ4v) is 3.34. The molecule has 3 nitrogen and oxygen atoms in total. The van der Waals surface area contributed by atoms with Crippen molar-refractivity contribution in [1.29, 1.82) is 0 Å². The van der Waals surface area contributed by atoms with E-state index in [-0.39, 0.29) is 41.9 Å². The van der Waals surface area contributed by atoms with E-state index in [4.69, 9.17) is 9.98 Å². The molecule has 0 aliphatic rings. The predicted molar refractivity (Wildman–Crippen MR) is 133 cm³/mol. The maximum absolute atomic E-state index is 4.92. The molecule has 0 saturated carbocycles. The molecule has 0 radical (unpaired) electrons. The van der Waals surface area contributed by atoms with Gasteiger partial charge in [-0.15, -0.1) is 24.8 Å². The van der Waals surface area contributed by atoms with Crippen molar-refractivity contribution in [3.63, 3.8) is 0 Å². The normalized spacial score (nSPS) is 11.2. The smallest absolute Gasteiger partial charge is 0.0690 e. The number of aromatic nitrogens is 1. The van der Waals surface area contributed by atoms with Gasteiger partial charge in [0.2, 0.25) is 0 Å². The van der Waals surface area contributed by atoms with E-state index in [1.54, 1.807) is 0 Å². The molecule has 0 fully saturated rings. The molecule has 0 atom stereocenters. The Balaban J connectivity index is 0.00000300. The standard InChI is InChI=1S/C25H26N3.2ClH.Fe/c1-16-10-7-11-17(2)23(16)27-20(5)22-14-9-15-26-25(22)21(6)28-24-18(3)12-8-13-19(24)4;;;/h7-14H,1-6H3;2*1H;/q-1;;;. The first-order chi connectivity index (χ1) is 13.4. The van der Waals surface area contributed by atoms with Crippen LogP contribution in [0.3, 0.4) is 0 Å². The molecule has 0 unspecified atom stereocenters. The fourth-order valence-electron chi connectivity index (χ4n) is 3.34. The molecular formula is C25H28Cl2FeN3-. The van der Waals surface area contributed by atoms with Gasteiger partial charge in [-0.3, -0.25) is 9.98 Å². The van der Waals surface area contributed by atoms with Crippen LogP contribution in [0.5, 0.6) is 0 Å². The molecule has 31 heavy (non-hydrogen) atoms. The summed E-state index contributed by atoms with van der Waals surface area (Å²) in [5, 5.41) is 0. The number of hydrogen-bond donors (Lipinski definition) is 0. The minimum Gasteiger partial charge on any atom is -0.384 e. The Morgan fingerprint density at radius 2 is 1.13 bits per heavy atom. The molecule has 1 heterocycles. The first-order valence-electron chi connectivity index (χ1n) is 9.49. The molecule has 6 heteroatoms. The van der Waals surface area contributed by atoms with Crippen molar-refractivity contribution in [2.75, 3.05) is 0 Å². The number of rotatable bonds is 4. The minimum absolute atomic E-state index is 0. The first-order valence-corrected chi connectivity index (χ1v) is 9.49. The number of nitrogens with zero attached hydrogens (tertiary/aromatic N) is 3. The topological polar surface area (TPSA) is 37.6 Å². The molecule has 166 valence electrons. The molecule has 2 aromatic carbocycles. The molecule has 0 bridgehead atoms. The first kappa shape index (κ1) is 29.0. The van der Waals surface area contributed by atoms with Crippen LogP contribution in [0.1, 0.15) is 47.4 Å². The SMILES string of the molecule is CC(=Nc1c(C)cccc1C)c1cc[c-]nc1C(C)=Nc1c(C)cccc1C.Cl.Cl.[Fe]. The van der Waals surface area contributed by atoms with Crippen LogP contribution < -0.4 is 0 Å². The molecule has 1 aromatic heterocycles. The van der Waals surface area contributed by atoms with Crippen LogP contribution in [-0.2, 0) is 17.1 Å². The van der Waals surface area contributed by atoms with Gasteiger partial charge in [0.1, 0.15) is 0 Å². The average molecular weight is 497 g/mol. The van der Waals surface area contributed by atoms with E-state index in [2.05, 4.69) is 75.3 Å². The van der Waals surface area contributed by atoms with Crippen molar-refractivity contribution in [3.8, 4) is 0 Å². The van der Waals surface area contributed by atoms with Gasteiger partial charge >= 0.3 is 0 Å². The van der Waals surface area contributed by atoms with E-state index in [1.165, 1.54) is 0 Å². The second-order valence-electron chi connectivity index (χ2n) is 7.21. The summed E-state index contributed by atoms with van der Waals surface area (Å²) < 4.78 is 0. The van der Waals surface area contributed by atoms with Gasteiger partial charge in [0.25, 0.3) is 0 Å². The number of aliphatic imine (C=N–C) groups is 2. The van der Waals surface area contributed by atoms with Gasteiger partial charge in [-0.1, -0.05) is 48.2 Å². The van der Waals surface area contributed by atoms with Gasteiger partial charge in [-0.05, 0) is 69.5 Å². The minimum atomic E-state index is 0. The van der Waals surface area contributed by atoms with Crippen molar-refractivity contribution >= 4 is 47.6 Å². The second kappa shape index (κ2) is 12.8. The summed E-state index contributed by atoms with van der Waals surface area (Å²) in [7, 11) is 0. The van der Waals surface area contributed by atoms with Gasteiger partial charge < -0.3 is 4.98 Å². The number of para-hydroxylation sites is 2. The second-order valence-corrected chi connectivity index (χ2v) is 7.21. The largest absolute Gasteiger partial charge is 0.384 e. The Hall–Kier alpha value is -1.97. The zero-order chi connectivity index (χ0) is 20.3. The van der Waals surface area contributed by atoms with Crippen LogP contribution in [0.2, 0.25) is 0 Å². The summed E-state index contributed by atoms with van der Waals surface area (Å²) in [6.07, 6.45) is 2.95. The molecule has 0 aliphatic heterocycles. The van der Waals surface area contributed by atoms with E-state index in [0.29, 0.717) is 0 Å². The number of aryl methyl sites for hydroxylation is 4. The molecule has 0 N–H and O–H groups in total. The molecule has 3 aromatic rings. The number of pyridine rings is 1. The Bertz CT molecular complexity index is 965. The summed E-state index contributed by atoms with van der Waals surface area (Å²) in [6.45, 7) is 12.4. The van der Waals surface area contributed by atoms with Gasteiger partial charge in [-0.2, -0.15) is 12.1 Å². The van der Waals surface area contributed by atoms with Gasteiger partial charge in [0, 0.05) is 28.5 Å². The van der Waals surface area contributed by atoms with Gasteiger partial charge in [-0.25, -0.2) is 0 Å². The van der Waals surface area contributed by atoms with Crippen molar-refractivity contribution in [2.24, 2.45) is 9.98 Å². The summed E-state index contributed by atoms with van der Waals surface area (Å²) in [5.74, 6) is 0. The van der Waals surface area contributed by atoms with E-state index >= 15 is 0 Å². The van der Waals surface area contributed by atoms with E-state index in [1.807, 2.05) is 26.0 Å². The number of halogens is 2. The fraction of sp³-hybridized carbons (Fsp3) is 0.240. The van der Waals surface area contributed by atoms with Crippen molar-refractivity contribution in [2.45, 2.75) is 41.5 Å². The predicted octanol–water partition coefficient (Wildman–Crippen LogP) is 7.24. The zero-order valence-corrected chi connectivity index (χ0v) is 21.4. The van der Waals surface area contributed by atoms with E-state index in [0.717, 1.165) is 56.3 Å².